The Morgan fingerprint density at radius 2 is 1.48 bits per heavy atom. The van der Waals surface area contributed by atoms with Gasteiger partial charge in [0, 0.05) is 13.7 Å². The van der Waals surface area contributed by atoms with E-state index in [1.54, 1.807) is 0 Å². The van der Waals surface area contributed by atoms with Crippen molar-refractivity contribution in [2.45, 2.75) is 19.1 Å². The molecule has 0 spiro atoms. The van der Waals surface area contributed by atoms with E-state index in [9.17, 15) is 5.11 Å². The zero-order chi connectivity index (χ0) is 15.5. The third-order valence-electron chi connectivity index (χ3n) is 3.79. The third-order valence-corrected chi connectivity index (χ3v) is 6.15. The Labute approximate surface area is 129 Å². The molecule has 2 nitrogen and oxygen atoms in total. The number of aliphatic hydroxyl groups is 1. The summed E-state index contributed by atoms with van der Waals surface area (Å²) >= 11 is 0. The zero-order valence-electron chi connectivity index (χ0n) is 12.3. The van der Waals surface area contributed by atoms with Gasteiger partial charge in [-0.25, -0.2) is 4.67 Å². The van der Waals surface area contributed by atoms with E-state index in [-0.39, 0.29) is 13.6 Å². The summed E-state index contributed by atoms with van der Waals surface area (Å²) in [6, 6.07) is 20.9. The van der Waals surface area contributed by atoms with E-state index in [0.717, 1.165) is 5.56 Å². The van der Waals surface area contributed by atoms with Gasteiger partial charge >= 0.3 is 0 Å². The van der Waals surface area contributed by atoms with Crippen LogP contribution < -0.4 is 5.30 Å². The minimum Gasteiger partial charge on any atom is -0.387 e. The highest BCUT2D eigenvalue weighted by Gasteiger charge is 2.34. The minimum atomic E-state index is -1.19. The molecule has 0 saturated carbocycles. The first-order chi connectivity index (χ1) is 9.94. The first-order valence-electron chi connectivity index (χ1n) is 6.86. The smallest absolute Gasteiger partial charge is 0.150 e. The van der Waals surface area contributed by atoms with E-state index in [2.05, 4.69) is 55.6 Å². The predicted molar refractivity (Wildman–Crippen MR) is 97.5 cm³/mol. The number of aliphatic hydroxyl groups excluding tert-OH is 1. The monoisotopic (exact) mass is 301 g/mol. The van der Waals surface area contributed by atoms with Crippen molar-refractivity contribution in [3.63, 3.8) is 0 Å². The van der Waals surface area contributed by atoms with E-state index >= 15 is 0 Å². The van der Waals surface area contributed by atoms with Crippen LogP contribution in [0.25, 0.3) is 0 Å². The number of rotatable bonds is 5. The summed E-state index contributed by atoms with van der Waals surface area (Å²) in [5.74, 6) is 0. The maximum atomic E-state index is 10.7. The molecule has 0 aliphatic carbocycles. The maximum absolute atomic E-state index is 10.7. The van der Waals surface area contributed by atoms with Crippen molar-refractivity contribution in [1.29, 1.82) is 0 Å². The van der Waals surface area contributed by atoms with Crippen molar-refractivity contribution in [1.82, 2.24) is 4.67 Å². The van der Waals surface area contributed by atoms with E-state index < -0.39 is 13.4 Å². The summed E-state index contributed by atoms with van der Waals surface area (Å²) in [4.78, 5) is 0. The van der Waals surface area contributed by atoms with E-state index in [0.29, 0.717) is 0 Å². The fourth-order valence-electron chi connectivity index (χ4n) is 2.23. The second kappa shape index (κ2) is 6.74. The second-order valence-electron chi connectivity index (χ2n) is 5.03. The molecule has 0 aliphatic heterocycles. The van der Waals surface area contributed by atoms with Gasteiger partial charge < -0.3 is 5.11 Å². The lowest BCUT2D eigenvalue weighted by Gasteiger charge is -2.40. The number of likely N-dealkylation sites (N-methyl/N-ethyl adjacent to an activating group) is 1. The van der Waals surface area contributed by atoms with Crippen molar-refractivity contribution < 1.29 is 5.11 Å². The van der Waals surface area contributed by atoms with Gasteiger partial charge in [-0.05, 0) is 24.6 Å². The average molecular weight is 301 g/mol. The fourth-order valence-corrected chi connectivity index (χ4v) is 3.87. The van der Waals surface area contributed by atoms with Crippen molar-refractivity contribution >= 4 is 20.2 Å². The molecule has 0 amide bonds. The van der Waals surface area contributed by atoms with Gasteiger partial charge in [0.15, 0.2) is 7.57 Å². The van der Waals surface area contributed by atoms with Crippen LogP contribution in [-0.2, 0) is 0 Å². The Bertz CT molecular complexity index is 562. The topological polar surface area (TPSA) is 23.5 Å². The van der Waals surface area contributed by atoms with Crippen molar-refractivity contribution in [3.8, 4) is 0 Å². The average Bonchev–Trinajstić information content (AvgIpc) is 2.54. The summed E-state index contributed by atoms with van der Waals surface area (Å²) in [5.41, 5.74) is 1.00. The van der Waals surface area contributed by atoms with Gasteiger partial charge in [-0.15, -0.1) is 0 Å². The number of benzene rings is 2. The Kier molecular flexibility index (Phi) is 5.21. The summed E-state index contributed by atoms with van der Waals surface area (Å²) in [6.45, 7) is 4.55. The molecule has 3 atom stereocenters. The van der Waals surface area contributed by atoms with E-state index in [4.69, 9.17) is 0 Å². The standard InChI is InChI=1S/C17H25BNOP/c1-14(17(20)15-10-6-4-7-11-15)19(2)21(3,18)16-12-8-5-9-13-16/h4-14,17,20H,1-3,18H3. The summed E-state index contributed by atoms with van der Waals surface area (Å²) < 4.78 is 2.46. The quantitative estimate of drug-likeness (QED) is 0.676. The van der Waals surface area contributed by atoms with E-state index in [1.165, 1.54) is 5.30 Å². The molecule has 4 heteroatoms. The second-order valence-corrected chi connectivity index (χ2v) is 7.22. The molecule has 2 rings (SSSR count). The van der Waals surface area contributed by atoms with Crippen LogP contribution in [0.1, 0.15) is 18.6 Å². The lowest BCUT2D eigenvalue weighted by atomic mass is 10.0. The van der Waals surface area contributed by atoms with Crippen LogP contribution in [0.3, 0.4) is 0 Å². The molecular formula is C17H25BNOP. The highest BCUT2D eigenvalue weighted by molar-refractivity contribution is 8.00. The largest absolute Gasteiger partial charge is 0.387 e. The molecular weight excluding hydrogens is 276 g/mol. The van der Waals surface area contributed by atoms with Crippen LogP contribution in [0, 0.1) is 0 Å². The van der Waals surface area contributed by atoms with Gasteiger partial charge in [0.1, 0.15) is 0 Å². The lowest BCUT2D eigenvalue weighted by Crippen LogP contribution is -2.37. The highest BCUT2D eigenvalue weighted by Crippen LogP contribution is 2.53. The van der Waals surface area contributed by atoms with Crippen LogP contribution in [-0.4, -0.2) is 37.1 Å². The first-order valence-corrected chi connectivity index (χ1v) is 8.60. The molecule has 1 N–H and O–H groups in total. The SMILES string of the molecule is [BH3-][P+](C)(c1ccccc1)N(C)C(C)C(O)c1ccccc1. The third kappa shape index (κ3) is 3.55. The molecule has 21 heavy (non-hydrogen) atoms. The number of hydrogen-bond acceptors (Lipinski definition) is 2. The molecule has 3 unspecified atom stereocenters. The van der Waals surface area contributed by atoms with Crippen LogP contribution in [0.2, 0.25) is 0 Å². The Balaban J connectivity index is 2.20. The number of nitrogens with zero attached hydrogens (tertiary/aromatic N) is 1. The van der Waals surface area contributed by atoms with Gasteiger partial charge in [-0.1, -0.05) is 55.8 Å². The van der Waals surface area contributed by atoms with Crippen LogP contribution in [0.4, 0.5) is 0 Å². The lowest BCUT2D eigenvalue weighted by molar-refractivity contribution is 0.110. The van der Waals surface area contributed by atoms with Gasteiger partial charge in [0.25, 0.3) is 0 Å². The van der Waals surface area contributed by atoms with Crippen molar-refractivity contribution in [3.05, 3.63) is 66.2 Å². The molecule has 112 valence electrons. The molecule has 0 saturated heterocycles. The molecule has 0 fully saturated rings. The number of hydrogen-bond donors (Lipinski definition) is 1. The van der Waals surface area contributed by atoms with Gasteiger partial charge in [0.2, 0.25) is 0 Å². The van der Waals surface area contributed by atoms with Crippen LogP contribution in [0.5, 0.6) is 0 Å². The molecule has 2 aromatic carbocycles. The van der Waals surface area contributed by atoms with Crippen molar-refractivity contribution in [2.24, 2.45) is 0 Å². The zero-order valence-corrected chi connectivity index (χ0v) is 13.2. The summed E-state index contributed by atoms with van der Waals surface area (Å²) in [6.07, 6.45) is -0.433. The molecule has 0 radical (unpaired) electrons. The molecule has 0 heterocycles. The highest BCUT2D eigenvalue weighted by atomic mass is 31.2. The minimum absolute atomic E-state index is 0.128. The maximum Gasteiger partial charge on any atom is 0.150 e. The van der Waals surface area contributed by atoms with Gasteiger partial charge in [-0.3, -0.25) is 0 Å². The Hall–Kier alpha value is -1.15. The Morgan fingerprint density at radius 1 is 1.00 bits per heavy atom. The molecule has 2 aromatic rings. The fraction of sp³-hybridized carbons (Fsp3) is 0.294. The summed E-state index contributed by atoms with van der Waals surface area (Å²) in [7, 11) is 1.13. The van der Waals surface area contributed by atoms with Gasteiger partial charge in [-0.2, -0.15) is 0 Å². The van der Waals surface area contributed by atoms with Crippen LogP contribution in [0.15, 0.2) is 60.7 Å². The van der Waals surface area contributed by atoms with Gasteiger partial charge in [0.05, 0.1) is 17.5 Å². The Morgan fingerprint density at radius 3 is 2.00 bits per heavy atom. The molecule has 0 aliphatic rings. The first kappa shape index (κ1) is 16.2. The van der Waals surface area contributed by atoms with Crippen molar-refractivity contribution in [2.75, 3.05) is 13.7 Å². The predicted octanol–water partition coefficient (Wildman–Crippen LogP) is 2.21. The molecule has 0 aromatic heterocycles. The summed E-state index contributed by atoms with van der Waals surface area (Å²) in [5, 5.41) is 12.1. The molecule has 0 bridgehead atoms. The van der Waals surface area contributed by atoms with E-state index in [1.807, 2.05) is 30.3 Å². The normalized spacial score (nSPS) is 17.2. The van der Waals surface area contributed by atoms with Crippen LogP contribution >= 0.6 is 7.29 Å².